The second-order valence-electron chi connectivity index (χ2n) is 2.52. The number of nitrogens with zero attached hydrogens (tertiary/aromatic N) is 1. The van der Waals surface area contributed by atoms with E-state index in [9.17, 15) is 0 Å². The Morgan fingerprint density at radius 1 is 1.55 bits per heavy atom. The van der Waals surface area contributed by atoms with E-state index in [0.29, 0.717) is 0 Å². The molecule has 0 fully saturated rings. The van der Waals surface area contributed by atoms with Gasteiger partial charge < -0.3 is 5.73 Å². The minimum atomic E-state index is 0. The van der Waals surface area contributed by atoms with Crippen LogP contribution in [0.25, 0.3) is 0 Å². The van der Waals surface area contributed by atoms with Crippen LogP contribution >= 0.6 is 12.4 Å². The number of aromatic nitrogens is 1. The van der Waals surface area contributed by atoms with Gasteiger partial charge in [-0.3, -0.25) is 4.98 Å². The summed E-state index contributed by atoms with van der Waals surface area (Å²) in [5.74, 6) is 0. The molecule has 0 saturated carbocycles. The fourth-order valence-electron chi connectivity index (χ4n) is 0.995. The van der Waals surface area contributed by atoms with E-state index in [0.717, 1.165) is 5.56 Å². The molecule has 0 radical (unpaired) electrons. The van der Waals surface area contributed by atoms with Crippen molar-refractivity contribution >= 4 is 12.4 Å². The van der Waals surface area contributed by atoms with Crippen LogP contribution in [-0.2, 0) is 0 Å². The normalized spacial score (nSPS) is 11.9. The maximum Gasteiger partial charge on any atom is 0.0300 e. The third-order valence-corrected chi connectivity index (χ3v) is 1.55. The molecule has 1 heterocycles. The third kappa shape index (κ3) is 2.48. The Hall–Kier alpha value is -0.600. The van der Waals surface area contributed by atoms with Crippen LogP contribution in [0.4, 0.5) is 0 Å². The second-order valence-corrected chi connectivity index (χ2v) is 2.52. The lowest BCUT2D eigenvalue weighted by Gasteiger charge is -2.06. The first kappa shape index (κ1) is 10.4. The van der Waals surface area contributed by atoms with Gasteiger partial charge in [0.05, 0.1) is 0 Å². The van der Waals surface area contributed by atoms with Gasteiger partial charge in [-0.25, -0.2) is 0 Å². The van der Waals surface area contributed by atoms with Crippen molar-refractivity contribution in [3.05, 3.63) is 29.6 Å². The Bertz CT molecular complexity index is 223. The number of pyridine rings is 1. The molecule has 11 heavy (non-hydrogen) atoms. The summed E-state index contributed by atoms with van der Waals surface area (Å²) >= 11 is 0. The van der Waals surface area contributed by atoms with Crippen LogP contribution in [0.5, 0.6) is 0 Å². The maximum absolute atomic E-state index is 5.69. The van der Waals surface area contributed by atoms with Crippen LogP contribution in [-0.4, -0.2) is 4.98 Å². The summed E-state index contributed by atoms with van der Waals surface area (Å²) in [6, 6.07) is 2.07. The van der Waals surface area contributed by atoms with E-state index < -0.39 is 0 Å². The Kier molecular flexibility index (Phi) is 4.08. The largest absolute Gasteiger partial charge is 0.324 e. The van der Waals surface area contributed by atoms with Gasteiger partial charge in [0.2, 0.25) is 0 Å². The second kappa shape index (κ2) is 4.31. The Balaban J connectivity index is 0.000001000. The standard InChI is InChI=1S/C8H12N2.ClH/c1-6-5-10-4-3-8(6)7(2)9;/h3-5,7H,9H2,1-2H3;1H/t7-;/m1./s1. The van der Waals surface area contributed by atoms with Gasteiger partial charge in [-0.2, -0.15) is 0 Å². The molecular weight excluding hydrogens is 160 g/mol. The minimum Gasteiger partial charge on any atom is -0.324 e. The molecule has 0 aromatic carbocycles. The Morgan fingerprint density at radius 2 is 2.18 bits per heavy atom. The van der Waals surface area contributed by atoms with Gasteiger partial charge in [0, 0.05) is 18.4 Å². The number of nitrogens with two attached hydrogens (primary N) is 1. The van der Waals surface area contributed by atoms with Crippen LogP contribution in [0.1, 0.15) is 24.1 Å². The lowest BCUT2D eigenvalue weighted by molar-refractivity contribution is 0.806. The lowest BCUT2D eigenvalue weighted by atomic mass is 10.1. The SMILES string of the molecule is Cc1cnccc1[C@@H](C)N.Cl. The Labute approximate surface area is 73.2 Å². The number of hydrogen-bond donors (Lipinski definition) is 1. The predicted molar refractivity (Wildman–Crippen MR) is 48.8 cm³/mol. The van der Waals surface area contributed by atoms with Gasteiger partial charge in [0.1, 0.15) is 0 Å². The van der Waals surface area contributed by atoms with Crippen LogP contribution in [0.15, 0.2) is 18.5 Å². The molecule has 1 aromatic heterocycles. The number of halogens is 1. The molecule has 2 nitrogen and oxygen atoms in total. The summed E-state index contributed by atoms with van der Waals surface area (Å²) in [5, 5.41) is 0. The molecule has 1 atom stereocenters. The van der Waals surface area contributed by atoms with Crippen molar-refractivity contribution in [3.63, 3.8) is 0 Å². The minimum absolute atomic E-state index is 0. The van der Waals surface area contributed by atoms with Crippen LogP contribution in [0, 0.1) is 6.92 Å². The van der Waals surface area contributed by atoms with E-state index >= 15 is 0 Å². The fraction of sp³-hybridized carbons (Fsp3) is 0.375. The molecule has 62 valence electrons. The highest BCUT2D eigenvalue weighted by Gasteiger charge is 2.00. The first-order valence-corrected chi connectivity index (χ1v) is 3.38. The van der Waals surface area contributed by atoms with E-state index in [1.165, 1.54) is 5.56 Å². The monoisotopic (exact) mass is 172 g/mol. The molecule has 1 aromatic rings. The zero-order chi connectivity index (χ0) is 7.56. The highest BCUT2D eigenvalue weighted by atomic mass is 35.5. The summed E-state index contributed by atoms with van der Waals surface area (Å²) in [5.41, 5.74) is 8.03. The highest BCUT2D eigenvalue weighted by Crippen LogP contribution is 2.11. The summed E-state index contributed by atoms with van der Waals surface area (Å²) < 4.78 is 0. The molecular formula is C8H13ClN2. The van der Waals surface area contributed by atoms with Crippen molar-refractivity contribution in [3.8, 4) is 0 Å². The molecule has 3 heteroatoms. The van der Waals surface area contributed by atoms with E-state index in [1.54, 1.807) is 6.20 Å². The quantitative estimate of drug-likeness (QED) is 0.702. The van der Waals surface area contributed by atoms with Crippen molar-refractivity contribution in [2.75, 3.05) is 0 Å². The van der Waals surface area contributed by atoms with Crippen LogP contribution in [0.2, 0.25) is 0 Å². The molecule has 0 unspecified atom stereocenters. The summed E-state index contributed by atoms with van der Waals surface area (Å²) in [6.45, 7) is 3.99. The third-order valence-electron chi connectivity index (χ3n) is 1.55. The highest BCUT2D eigenvalue weighted by molar-refractivity contribution is 5.85. The maximum atomic E-state index is 5.69. The first-order valence-electron chi connectivity index (χ1n) is 3.38. The van der Waals surface area contributed by atoms with Gasteiger partial charge in [-0.05, 0) is 31.0 Å². The number of aryl methyl sites for hydroxylation is 1. The molecule has 0 bridgehead atoms. The van der Waals surface area contributed by atoms with Crippen molar-refractivity contribution in [2.45, 2.75) is 19.9 Å². The van der Waals surface area contributed by atoms with Gasteiger partial charge in [0.25, 0.3) is 0 Å². The lowest BCUT2D eigenvalue weighted by Crippen LogP contribution is -2.06. The average molecular weight is 173 g/mol. The van der Waals surface area contributed by atoms with E-state index in [4.69, 9.17) is 5.73 Å². The molecule has 2 N–H and O–H groups in total. The molecule has 0 spiro atoms. The van der Waals surface area contributed by atoms with E-state index in [-0.39, 0.29) is 18.4 Å². The van der Waals surface area contributed by atoms with Crippen LogP contribution in [0.3, 0.4) is 0 Å². The van der Waals surface area contributed by atoms with Crippen molar-refractivity contribution in [1.29, 1.82) is 0 Å². The first-order chi connectivity index (χ1) is 4.72. The van der Waals surface area contributed by atoms with E-state index in [1.807, 2.05) is 26.1 Å². The number of hydrogen-bond acceptors (Lipinski definition) is 2. The zero-order valence-corrected chi connectivity index (χ0v) is 7.56. The predicted octanol–water partition coefficient (Wildman–Crippen LogP) is 1.83. The van der Waals surface area contributed by atoms with Gasteiger partial charge in [-0.15, -0.1) is 12.4 Å². The summed E-state index contributed by atoms with van der Waals surface area (Å²) in [4.78, 5) is 3.97. The molecule has 0 aliphatic carbocycles. The number of rotatable bonds is 1. The summed E-state index contributed by atoms with van der Waals surface area (Å²) in [6.07, 6.45) is 3.60. The van der Waals surface area contributed by atoms with Gasteiger partial charge in [-0.1, -0.05) is 0 Å². The summed E-state index contributed by atoms with van der Waals surface area (Å²) in [7, 11) is 0. The molecule has 0 aliphatic heterocycles. The van der Waals surface area contributed by atoms with Gasteiger partial charge in [0.15, 0.2) is 0 Å². The van der Waals surface area contributed by atoms with Crippen LogP contribution < -0.4 is 5.73 Å². The van der Waals surface area contributed by atoms with Crippen molar-refractivity contribution < 1.29 is 0 Å². The Morgan fingerprint density at radius 3 is 2.55 bits per heavy atom. The molecule has 1 rings (SSSR count). The fourth-order valence-corrected chi connectivity index (χ4v) is 0.995. The zero-order valence-electron chi connectivity index (χ0n) is 6.74. The average Bonchev–Trinajstić information content (AvgIpc) is 1.88. The van der Waals surface area contributed by atoms with Crippen molar-refractivity contribution in [1.82, 2.24) is 4.98 Å². The van der Waals surface area contributed by atoms with E-state index in [2.05, 4.69) is 4.98 Å². The smallest absolute Gasteiger partial charge is 0.0300 e. The molecule has 0 amide bonds. The topological polar surface area (TPSA) is 38.9 Å². The van der Waals surface area contributed by atoms with Crippen molar-refractivity contribution in [2.24, 2.45) is 5.73 Å². The molecule has 0 aliphatic rings. The van der Waals surface area contributed by atoms with Gasteiger partial charge >= 0.3 is 0 Å². The molecule has 0 saturated heterocycles.